The van der Waals surface area contributed by atoms with E-state index in [2.05, 4.69) is 27.6 Å². The second-order valence-corrected chi connectivity index (χ2v) is 9.25. The molecule has 1 atom stereocenters. The van der Waals surface area contributed by atoms with E-state index in [4.69, 9.17) is 11.6 Å². The van der Waals surface area contributed by atoms with Gasteiger partial charge in [-0.05, 0) is 53.2 Å². The predicted octanol–water partition coefficient (Wildman–Crippen LogP) is 4.14. The van der Waals surface area contributed by atoms with Crippen molar-refractivity contribution in [3.63, 3.8) is 0 Å². The van der Waals surface area contributed by atoms with Crippen LogP contribution < -0.4 is 4.72 Å². The number of halogens is 2. The van der Waals surface area contributed by atoms with Crippen molar-refractivity contribution < 1.29 is 8.42 Å². The van der Waals surface area contributed by atoms with Crippen LogP contribution in [-0.4, -0.2) is 20.8 Å². The Morgan fingerprint density at radius 3 is 2.63 bits per heavy atom. The molecule has 1 unspecified atom stereocenters. The van der Waals surface area contributed by atoms with Crippen LogP contribution in [0.15, 0.2) is 14.1 Å². The molecule has 1 aromatic heterocycles. The maximum Gasteiger partial charge on any atom is 0.250 e. The average Bonchev–Trinajstić information content (AvgIpc) is 2.68. The molecule has 0 saturated carbocycles. The zero-order chi connectivity index (χ0) is 14.5. The Hall–Kier alpha value is 0.380. The summed E-state index contributed by atoms with van der Waals surface area (Å²) in [5, 5.41) is 0. The zero-order valence-electron chi connectivity index (χ0n) is 11.1. The standard InChI is InChI=1S/C12H19BrClNO2S2/c1-3-4-10(5-6-14)8-15-19(16,17)11-7-9(2)12(13)18-11/h7,10,15H,3-6,8H2,1-2H3. The van der Waals surface area contributed by atoms with Crippen LogP contribution in [-0.2, 0) is 10.0 Å². The molecule has 0 aliphatic rings. The van der Waals surface area contributed by atoms with E-state index in [-0.39, 0.29) is 0 Å². The van der Waals surface area contributed by atoms with Crippen LogP contribution in [0.3, 0.4) is 0 Å². The Kier molecular flexibility index (Phi) is 7.32. The minimum Gasteiger partial charge on any atom is -0.210 e. The highest BCUT2D eigenvalue weighted by Crippen LogP contribution is 2.30. The number of hydrogen-bond donors (Lipinski definition) is 1. The van der Waals surface area contributed by atoms with Crippen molar-refractivity contribution >= 4 is 48.9 Å². The molecular formula is C12H19BrClNO2S2. The summed E-state index contributed by atoms with van der Waals surface area (Å²) in [4.78, 5) is 0. The smallest absolute Gasteiger partial charge is 0.210 e. The number of aryl methyl sites for hydroxylation is 1. The molecular weight excluding hydrogens is 370 g/mol. The minimum absolute atomic E-state index is 0.307. The third kappa shape index (κ3) is 5.34. The summed E-state index contributed by atoms with van der Waals surface area (Å²) in [5.74, 6) is 0.873. The van der Waals surface area contributed by atoms with Crippen LogP contribution in [0.25, 0.3) is 0 Å². The van der Waals surface area contributed by atoms with Gasteiger partial charge in [0, 0.05) is 12.4 Å². The molecule has 1 aromatic rings. The number of thiophene rings is 1. The highest BCUT2D eigenvalue weighted by molar-refractivity contribution is 9.11. The van der Waals surface area contributed by atoms with Crippen LogP contribution >= 0.6 is 38.9 Å². The summed E-state index contributed by atoms with van der Waals surface area (Å²) in [6.45, 7) is 4.43. The van der Waals surface area contributed by atoms with Crippen LogP contribution in [0.4, 0.5) is 0 Å². The molecule has 1 N–H and O–H groups in total. The Labute approximate surface area is 132 Å². The molecule has 0 saturated heterocycles. The Balaban J connectivity index is 2.68. The van der Waals surface area contributed by atoms with Gasteiger partial charge in [0.05, 0.1) is 3.79 Å². The van der Waals surface area contributed by atoms with Crippen LogP contribution in [0, 0.1) is 12.8 Å². The van der Waals surface area contributed by atoms with Crippen molar-refractivity contribution in [2.75, 3.05) is 12.4 Å². The molecule has 0 amide bonds. The SMILES string of the molecule is CCCC(CCCl)CNS(=O)(=O)c1cc(C)c(Br)s1. The van der Waals surface area contributed by atoms with E-state index in [9.17, 15) is 8.42 Å². The summed E-state index contributed by atoms with van der Waals surface area (Å²) < 4.78 is 28.2. The molecule has 0 fully saturated rings. The fourth-order valence-electron chi connectivity index (χ4n) is 1.77. The van der Waals surface area contributed by atoms with E-state index in [0.717, 1.165) is 28.6 Å². The maximum absolute atomic E-state index is 12.2. The fraction of sp³-hybridized carbons (Fsp3) is 0.667. The zero-order valence-corrected chi connectivity index (χ0v) is 15.1. The van der Waals surface area contributed by atoms with Gasteiger partial charge < -0.3 is 0 Å². The first-order valence-electron chi connectivity index (χ1n) is 6.22. The van der Waals surface area contributed by atoms with Crippen molar-refractivity contribution in [3.05, 3.63) is 15.4 Å². The van der Waals surface area contributed by atoms with Gasteiger partial charge in [-0.2, -0.15) is 0 Å². The first-order chi connectivity index (χ1) is 8.90. The maximum atomic E-state index is 12.2. The summed E-state index contributed by atoms with van der Waals surface area (Å²) in [7, 11) is -3.40. The normalized spacial score (nSPS) is 13.7. The molecule has 0 spiro atoms. The topological polar surface area (TPSA) is 46.2 Å². The summed E-state index contributed by atoms with van der Waals surface area (Å²) >= 11 is 10.3. The van der Waals surface area contributed by atoms with Gasteiger partial charge in [-0.3, -0.25) is 0 Å². The molecule has 0 radical (unpaired) electrons. The first-order valence-corrected chi connectivity index (χ1v) is 9.85. The molecule has 1 rings (SSSR count). The van der Waals surface area contributed by atoms with E-state index in [1.54, 1.807) is 6.07 Å². The lowest BCUT2D eigenvalue weighted by molar-refractivity contribution is 0.457. The number of alkyl halides is 1. The Bertz CT molecular complexity index is 476. The van der Waals surface area contributed by atoms with Gasteiger partial charge in [-0.15, -0.1) is 22.9 Å². The van der Waals surface area contributed by atoms with E-state index in [1.807, 2.05) is 6.92 Å². The van der Waals surface area contributed by atoms with Crippen LogP contribution in [0.5, 0.6) is 0 Å². The molecule has 0 bridgehead atoms. The van der Waals surface area contributed by atoms with E-state index in [0.29, 0.717) is 22.6 Å². The van der Waals surface area contributed by atoms with E-state index >= 15 is 0 Å². The lowest BCUT2D eigenvalue weighted by atomic mass is 10.0. The van der Waals surface area contributed by atoms with E-state index in [1.165, 1.54) is 11.3 Å². The number of nitrogens with one attached hydrogen (secondary N) is 1. The van der Waals surface area contributed by atoms with Crippen molar-refractivity contribution in [3.8, 4) is 0 Å². The molecule has 7 heteroatoms. The summed E-state index contributed by atoms with van der Waals surface area (Å²) in [5.41, 5.74) is 0.941. The quantitative estimate of drug-likeness (QED) is 0.680. The molecule has 0 aliphatic heterocycles. The van der Waals surface area contributed by atoms with Gasteiger partial charge in [-0.1, -0.05) is 13.3 Å². The molecule has 3 nitrogen and oxygen atoms in total. The average molecular weight is 389 g/mol. The summed E-state index contributed by atoms with van der Waals surface area (Å²) in [6.07, 6.45) is 2.86. The highest BCUT2D eigenvalue weighted by Gasteiger charge is 2.19. The van der Waals surface area contributed by atoms with Crippen molar-refractivity contribution in [2.45, 2.75) is 37.3 Å². The van der Waals surface area contributed by atoms with Gasteiger partial charge in [0.15, 0.2) is 0 Å². The van der Waals surface area contributed by atoms with Crippen molar-refractivity contribution in [2.24, 2.45) is 5.92 Å². The number of rotatable bonds is 8. The third-order valence-electron chi connectivity index (χ3n) is 2.88. The van der Waals surface area contributed by atoms with Gasteiger partial charge in [-0.25, -0.2) is 13.1 Å². The molecule has 0 aromatic carbocycles. The third-order valence-corrected chi connectivity index (χ3v) is 7.13. The second kappa shape index (κ2) is 7.98. The largest absolute Gasteiger partial charge is 0.250 e. The molecule has 0 aliphatic carbocycles. The Morgan fingerprint density at radius 2 is 2.16 bits per heavy atom. The lowest BCUT2D eigenvalue weighted by Crippen LogP contribution is -2.29. The van der Waals surface area contributed by atoms with Crippen molar-refractivity contribution in [1.29, 1.82) is 0 Å². The van der Waals surface area contributed by atoms with E-state index < -0.39 is 10.0 Å². The molecule has 110 valence electrons. The molecule has 1 heterocycles. The van der Waals surface area contributed by atoms with Crippen molar-refractivity contribution in [1.82, 2.24) is 4.72 Å². The predicted molar refractivity (Wildman–Crippen MR) is 85.7 cm³/mol. The van der Waals surface area contributed by atoms with Gasteiger partial charge in [0.25, 0.3) is 0 Å². The number of sulfonamides is 1. The fourth-order valence-corrected chi connectivity index (χ4v) is 5.47. The Morgan fingerprint density at radius 1 is 1.47 bits per heavy atom. The van der Waals surface area contributed by atoms with Gasteiger partial charge in [0.1, 0.15) is 4.21 Å². The van der Waals surface area contributed by atoms with Crippen LogP contribution in [0.1, 0.15) is 31.7 Å². The van der Waals surface area contributed by atoms with Gasteiger partial charge >= 0.3 is 0 Å². The summed E-state index contributed by atoms with van der Waals surface area (Å²) in [6, 6.07) is 1.69. The lowest BCUT2D eigenvalue weighted by Gasteiger charge is -2.15. The molecule has 19 heavy (non-hydrogen) atoms. The minimum atomic E-state index is -3.40. The highest BCUT2D eigenvalue weighted by atomic mass is 79.9. The van der Waals surface area contributed by atoms with Gasteiger partial charge in [0.2, 0.25) is 10.0 Å². The van der Waals surface area contributed by atoms with Crippen LogP contribution in [0.2, 0.25) is 0 Å². The monoisotopic (exact) mass is 387 g/mol. The number of hydrogen-bond acceptors (Lipinski definition) is 3. The second-order valence-electron chi connectivity index (χ2n) is 4.51. The first kappa shape index (κ1) is 17.4.